The molecule has 3 aliphatic rings. The molecule has 4 atom stereocenters. The summed E-state index contributed by atoms with van der Waals surface area (Å²) in [6.45, 7) is 0. The molecule has 0 heteroatoms. The van der Waals surface area contributed by atoms with Crippen molar-refractivity contribution in [2.45, 2.75) is 32.1 Å². The fourth-order valence-electron chi connectivity index (χ4n) is 2.90. The van der Waals surface area contributed by atoms with Crippen molar-refractivity contribution in [1.82, 2.24) is 0 Å². The van der Waals surface area contributed by atoms with E-state index in [4.69, 9.17) is 0 Å². The third-order valence-corrected chi connectivity index (χ3v) is 3.65. The van der Waals surface area contributed by atoms with Gasteiger partial charge in [-0.25, -0.2) is 0 Å². The zero-order valence-corrected chi connectivity index (χ0v) is 5.84. The third kappa shape index (κ3) is 0.595. The molecular weight excluding hydrogens is 108 g/mol. The van der Waals surface area contributed by atoms with Crippen molar-refractivity contribution in [1.29, 1.82) is 0 Å². The molecule has 0 nitrogen and oxygen atoms in total. The monoisotopic (exact) mass is 122 g/mol. The highest BCUT2D eigenvalue weighted by molar-refractivity contribution is 5.03. The molecule has 0 N–H and O–H groups in total. The molecule has 0 aliphatic heterocycles. The van der Waals surface area contributed by atoms with Crippen molar-refractivity contribution in [3.63, 3.8) is 0 Å². The lowest BCUT2D eigenvalue weighted by atomic mass is 10.1. The average Bonchev–Trinajstić information content (AvgIpc) is 2.48. The third-order valence-electron chi connectivity index (χ3n) is 3.65. The van der Waals surface area contributed by atoms with E-state index in [9.17, 15) is 0 Å². The van der Waals surface area contributed by atoms with E-state index in [-0.39, 0.29) is 0 Å². The lowest BCUT2D eigenvalue weighted by Gasteiger charge is -1.92. The van der Waals surface area contributed by atoms with Crippen LogP contribution in [-0.2, 0) is 0 Å². The molecule has 0 heterocycles. The van der Waals surface area contributed by atoms with Gasteiger partial charge in [-0.3, -0.25) is 0 Å². The molecule has 9 heavy (non-hydrogen) atoms. The summed E-state index contributed by atoms with van der Waals surface area (Å²) in [6, 6.07) is 0. The van der Waals surface area contributed by atoms with E-state index in [1.54, 1.807) is 32.1 Å². The Morgan fingerprint density at radius 2 is 1.33 bits per heavy atom. The van der Waals surface area contributed by atoms with E-state index < -0.39 is 0 Å². The lowest BCUT2D eigenvalue weighted by Crippen LogP contribution is -1.81. The van der Waals surface area contributed by atoms with Gasteiger partial charge in [-0.05, 0) is 36.5 Å². The minimum Gasteiger partial charge on any atom is -0.0528 e. The Morgan fingerprint density at radius 3 is 1.89 bits per heavy atom. The standard InChI is InChI=1S/C9H14/c1-2-6-4-8(6)9-5-7(9)3-1/h6-9H,1-5H2/t6-,7-,8+,9+/m0/s1. The predicted molar refractivity (Wildman–Crippen MR) is 37.0 cm³/mol. The van der Waals surface area contributed by atoms with Gasteiger partial charge in [0.2, 0.25) is 0 Å². The fourth-order valence-corrected chi connectivity index (χ4v) is 2.90. The predicted octanol–water partition coefficient (Wildman–Crippen LogP) is 2.44. The summed E-state index contributed by atoms with van der Waals surface area (Å²) in [5.41, 5.74) is 0. The zero-order chi connectivity index (χ0) is 5.84. The van der Waals surface area contributed by atoms with E-state index in [1.165, 1.54) is 23.7 Å². The highest BCUT2D eigenvalue weighted by Gasteiger charge is 2.54. The molecule has 0 unspecified atom stereocenters. The second kappa shape index (κ2) is 1.36. The first kappa shape index (κ1) is 4.76. The Bertz CT molecular complexity index is 123. The highest BCUT2D eigenvalue weighted by Crippen LogP contribution is 2.63. The largest absolute Gasteiger partial charge is 0.0528 e. The molecule has 0 aromatic rings. The van der Waals surface area contributed by atoms with Gasteiger partial charge in [0.05, 0.1) is 0 Å². The quantitative estimate of drug-likeness (QED) is 0.463. The molecule has 50 valence electrons. The van der Waals surface area contributed by atoms with Gasteiger partial charge in [0, 0.05) is 0 Å². The van der Waals surface area contributed by atoms with Gasteiger partial charge >= 0.3 is 0 Å². The first-order valence-corrected chi connectivity index (χ1v) is 4.45. The summed E-state index contributed by atoms with van der Waals surface area (Å²) in [5.74, 6) is 4.89. The van der Waals surface area contributed by atoms with Crippen LogP contribution in [0.4, 0.5) is 0 Å². The molecule has 0 bridgehead atoms. The number of fused-ring (bicyclic) bond motifs is 3. The van der Waals surface area contributed by atoms with Crippen LogP contribution in [0.25, 0.3) is 0 Å². The Hall–Kier alpha value is 0. The van der Waals surface area contributed by atoms with Crippen LogP contribution in [-0.4, -0.2) is 0 Å². The van der Waals surface area contributed by atoms with Crippen LogP contribution in [0.1, 0.15) is 32.1 Å². The van der Waals surface area contributed by atoms with Crippen molar-refractivity contribution in [2.24, 2.45) is 23.7 Å². The maximum absolute atomic E-state index is 1.61. The SMILES string of the molecule is C1C[C@H]2C[C@H]2[C@@H]2C[C@@H]2C1. The number of rotatable bonds is 0. The van der Waals surface area contributed by atoms with E-state index in [0.29, 0.717) is 0 Å². The second-order valence-corrected chi connectivity index (χ2v) is 4.25. The summed E-state index contributed by atoms with van der Waals surface area (Å²) in [5, 5.41) is 0. The molecule has 0 amide bonds. The van der Waals surface area contributed by atoms with Gasteiger partial charge in [0.15, 0.2) is 0 Å². The smallest absolute Gasteiger partial charge is 0.0352 e. The number of hydrogen-bond donors (Lipinski definition) is 0. The Balaban J connectivity index is 1.81. The van der Waals surface area contributed by atoms with Crippen molar-refractivity contribution in [3.8, 4) is 0 Å². The molecule has 3 saturated carbocycles. The first-order chi connectivity index (χ1) is 4.45. The molecule has 0 aromatic heterocycles. The lowest BCUT2D eigenvalue weighted by molar-refractivity contribution is 0.612. The summed E-state index contributed by atoms with van der Waals surface area (Å²) < 4.78 is 0. The Morgan fingerprint density at radius 1 is 0.778 bits per heavy atom. The topological polar surface area (TPSA) is 0 Å². The van der Waals surface area contributed by atoms with Gasteiger partial charge in [-0.1, -0.05) is 19.3 Å². The molecule has 0 spiro atoms. The summed E-state index contributed by atoms with van der Waals surface area (Å²) in [6.07, 6.45) is 7.94. The van der Waals surface area contributed by atoms with Crippen molar-refractivity contribution >= 4 is 0 Å². The molecular formula is C9H14. The van der Waals surface area contributed by atoms with Crippen LogP contribution in [0.2, 0.25) is 0 Å². The minimum absolute atomic E-state index is 1.21. The highest BCUT2D eigenvalue weighted by atomic mass is 14.6. The van der Waals surface area contributed by atoms with E-state index in [1.807, 2.05) is 0 Å². The van der Waals surface area contributed by atoms with E-state index in [2.05, 4.69) is 0 Å². The van der Waals surface area contributed by atoms with Crippen LogP contribution in [0, 0.1) is 23.7 Å². The Kier molecular flexibility index (Phi) is 0.717. The molecule has 0 aromatic carbocycles. The van der Waals surface area contributed by atoms with Crippen LogP contribution in [0.5, 0.6) is 0 Å². The van der Waals surface area contributed by atoms with Gasteiger partial charge in [-0.15, -0.1) is 0 Å². The van der Waals surface area contributed by atoms with Crippen LogP contribution in [0.15, 0.2) is 0 Å². The van der Waals surface area contributed by atoms with Gasteiger partial charge in [0.1, 0.15) is 0 Å². The number of hydrogen-bond acceptors (Lipinski definition) is 0. The zero-order valence-electron chi connectivity index (χ0n) is 5.84. The van der Waals surface area contributed by atoms with Gasteiger partial charge in [-0.2, -0.15) is 0 Å². The maximum Gasteiger partial charge on any atom is -0.0352 e. The van der Waals surface area contributed by atoms with Gasteiger partial charge in [0.25, 0.3) is 0 Å². The second-order valence-electron chi connectivity index (χ2n) is 4.25. The average molecular weight is 122 g/mol. The van der Waals surface area contributed by atoms with Crippen molar-refractivity contribution in [3.05, 3.63) is 0 Å². The fraction of sp³-hybridized carbons (Fsp3) is 1.00. The molecule has 3 fully saturated rings. The molecule has 3 rings (SSSR count). The molecule has 0 radical (unpaired) electrons. The van der Waals surface area contributed by atoms with Crippen molar-refractivity contribution in [2.75, 3.05) is 0 Å². The first-order valence-electron chi connectivity index (χ1n) is 4.45. The normalized spacial score (nSPS) is 61.3. The van der Waals surface area contributed by atoms with E-state index >= 15 is 0 Å². The summed E-state index contributed by atoms with van der Waals surface area (Å²) in [7, 11) is 0. The van der Waals surface area contributed by atoms with Crippen LogP contribution in [0.3, 0.4) is 0 Å². The van der Waals surface area contributed by atoms with Crippen molar-refractivity contribution < 1.29 is 0 Å². The summed E-state index contributed by atoms with van der Waals surface area (Å²) >= 11 is 0. The van der Waals surface area contributed by atoms with Crippen LogP contribution >= 0.6 is 0 Å². The molecule has 3 aliphatic carbocycles. The Labute approximate surface area is 56.6 Å². The summed E-state index contributed by atoms with van der Waals surface area (Å²) in [4.78, 5) is 0. The molecule has 0 saturated heterocycles. The minimum atomic E-state index is 1.21. The maximum atomic E-state index is 1.61. The van der Waals surface area contributed by atoms with Crippen LogP contribution < -0.4 is 0 Å². The van der Waals surface area contributed by atoms with E-state index in [0.717, 1.165) is 0 Å². The van der Waals surface area contributed by atoms with Gasteiger partial charge < -0.3 is 0 Å².